The van der Waals surface area contributed by atoms with E-state index in [0.29, 0.717) is 6.61 Å². The van der Waals surface area contributed by atoms with Gasteiger partial charge in [-0.25, -0.2) is 4.79 Å². The van der Waals surface area contributed by atoms with Crippen molar-refractivity contribution in [2.24, 2.45) is 5.41 Å². The monoisotopic (exact) mass is 255 g/mol. The molecule has 4 heteroatoms. The fraction of sp³-hybridized carbons (Fsp3) is 0.462. The number of ether oxygens (including phenoxy) is 1. The maximum absolute atomic E-state index is 11.3. The average Bonchev–Trinajstić information content (AvgIpc) is 2.23. The highest BCUT2D eigenvalue weighted by Gasteiger charge is 2.37. The maximum Gasteiger partial charge on any atom is 0.407 e. The number of alkyl carbamates (subject to hydrolysis) is 1. The number of aryl methyl sites for hydroxylation is 1. The minimum Gasteiger partial charge on any atom is -0.449 e. The van der Waals surface area contributed by atoms with E-state index in [-0.39, 0.29) is 30.0 Å². The molecule has 1 heterocycles. The smallest absolute Gasteiger partial charge is 0.407 e. The first-order valence-electron chi connectivity index (χ1n) is 5.49. The van der Waals surface area contributed by atoms with Gasteiger partial charge in [0.2, 0.25) is 0 Å². The summed E-state index contributed by atoms with van der Waals surface area (Å²) in [5.41, 5.74) is 2.27. The van der Waals surface area contributed by atoms with Crippen molar-refractivity contribution in [1.82, 2.24) is 5.32 Å². The van der Waals surface area contributed by atoms with Crippen molar-refractivity contribution in [2.75, 3.05) is 6.61 Å². The van der Waals surface area contributed by atoms with Crippen molar-refractivity contribution in [3.8, 4) is 0 Å². The predicted octanol–water partition coefficient (Wildman–Crippen LogP) is 3.22. The molecule has 1 amide bonds. The van der Waals surface area contributed by atoms with Crippen LogP contribution in [-0.4, -0.2) is 12.7 Å². The minimum absolute atomic E-state index is 0. The van der Waals surface area contributed by atoms with E-state index in [2.05, 4.69) is 50.4 Å². The third-order valence-electron chi connectivity index (χ3n) is 3.03. The molecule has 0 bridgehead atoms. The van der Waals surface area contributed by atoms with Gasteiger partial charge in [-0.2, -0.15) is 0 Å². The zero-order chi connectivity index (χ0) is 11.8. The Hall–Kier alpha value is -1.22. The summed E-state index contributed by atoms with van der Waals surface area (Å²) in [5, 5.41) is 2.88. The van der Waals surface area contributed by atoms with Crippen LogP contribution in [0.2, 0.25) is 0 Å². The summed E-state index contributed by atoms with van der Waals surface area (Å²) < 4.78 is 5.02. The van der Waals surface area contributed by atoms with E-state index in [9.17, 15) is 4.79 Å². The molecular weight excluding hydrogens is 238 g/mol. The SMILES string of the molecule is Cc1ccc([C@@H]2NC(=O)OCC2(C)C)cc1.Cl. The van der Waals surface area contributed by atoms with Crippen molar-refractivity contribution < 1.29 is 9.53 Å². The van der Waals surface area contributed by atoms with E-state index in [4.69, 9.17) is 4.74 Å². The third-order valence-corrected chi connectivity index (χ3v) is 3.03. The molecule has 2 rings (SSSR count). The fourth-order valence-corrected chi connectivity index (χ4v) is 1.98. The lowest BCUT2D eigenvalue weighted by atomic mass is 9.80. The van der Waals surface area contributed by atoms with Gasteiger partial charge in [-0.15, -0.1) is 12.4 Å². The molecule has 0 radical (unpaired) electrons. The molecule has 1 aromatic carbocycles. The second-order valence-corrected chi connectivity index (χ2v) is 5.05. The van der Waals surface area contributed by atoms with E-state index in [1.54, 1.807) is 0 Å². The second-order valence-electron chi connectivity index (χ2n) is 5.05. The van der Waals surface area contributed by atoms with E-state index < -0.39 is 0 Å². The van der Waals surface area contributed by atoms with Gasteiger partial charge in [0.1, 0.15) is 6.61 Å². The Morgan fingerprint density at radius 2 is 1.88 bits per heavy atom. The Bertz CT molecular complexity index is 400. The van der Waals surface area contributed by atoms with Crippen molar-refractivity contribution in [3.05, 3.63) is 35.4 Å². The first-order chi connectivity index (χ1) is 7.49. The standard InChI is InChI=1S/C13H17NO2.ClH/c1-9-4-6-10(7-5-9)11-13(2,3)8-16-12(15)14-11;/h4-7,11H,8H2,1-3H3,(H,14,15);1H/t11-;/m0./s1. The predicted molar refractivity (Wildman–Crippen MR) is 69.4 cm³/mol. The molecule has 1 fully saturated rings. The summed E-state index contributed by atoms with van der Waals surface area (Å²) >= 11 is 0. The Balaban J connectivity index is 0.00000144. The number of rotatable bonds is 1. The highest BCUT2D eigenvalue weighted by atomic mass is 35.5. The number of halogens is 1. The van der Waals surface area contributed by atoms with Gasteiger partial charge in [0, 0.05) is 5.41 Å². The highest BCUT2D eigenvalue weighted by molar-refractivity contribution is 5.85. The number of carbonyl (C=O) groups is 1. The summed E-state index contributed by atoms with van der Waals surface area (Å²) in [4.78, 5) is 11.3. The molecule has 0 saturated carbocycles. The van der Waals surface area contributed by atoms with Crippen LogP contribution in [-0.2, 0) is 4.74 Å². The van der Waals surface area contributed by atoms with Gasteiger partial charge in [0.15, 0.2) is 0 Å². The van der Waals surface area contributed by atoms with Crippen LogP contribution in [0.15, 0.2) is 24.3 Å². The number of hydrogen-bond acceptors (Lipinski definition) is 2. The van der Waals surface area contributed by atoms with Crippen LogP contribution in [0.4, 0.5) is 4.79 Å². The van der Waals surface area contributed by atoms with Crippen LogP contribution in [0, 0.1) is 12.3 Å². The van der Waals surface area contributed by atoms with Crippen molar-refractivity contribution in [1.29, 1.82) is 0 Å². The van der Waals surface area contributed by atoms with Crippen molar-refractivity contribution >= 4 is 18.5 Å². The fourth-order valence-electron chi connectivity index (χ4n) is 1.98. The first kappa shape index (κ1) is 13.8. The molecule has 0 aromatic heterocycles. The highest BCUT2D eigenvalue weighted by Crippen LogP contribution is 2.36. The first-order valence-corrected chi connectivity index (χ1v) is 5.49. The lowest BCUT2D eigenvalue weighted by Gasteiger charge is -2.38. The van der Waals surface area contributed by atoms with Crippen molar-refractivity contribution in [3.63, 3.8) is 0 Å². The molecule has 1 aromatic rings. The summed E-state index contributed by atoms with van der Waals surface area (Å²) in [7, 11) is 0. The zero-order valence-corrected chi connectivity index (χ0v) is 11.1. The summed E-state index contributed by atoms with van der Waals surface area (Å²) in [5.74, 6) is 0. The Kier molecular flexibility index (Phi) is 4.04. The van der Waals surface area contributed by atoms with Gasteiger partial charge < -0.3 is 10.1 Å². The summed E-state index contributed by atoms with van der Waals surface area (Å²) in [6.45, 7) is 6.70. The Morgan fingerprint density at radius 3 is 2.47 bits per heavy atom. The van der Waals surface area contributed by atoms with E-state index in [0.717, 1.165) is 5.56 Å². The molecule has 1 aliphatic rings. The Labute approximate surface area is 108 Å². The van der Waals surface area contributed by atoms with Crippen LogP contribution in [0.25, 0.3) is 0 Å². The van der Waals surface area contributed by atoms with E-state index in [1.165, 1.54) is 5.56 Å². The average molecular weight is 256 g/mol. The molecule has 17 heavy (non-hydrogen) atoms. The summed E-state index contributed by atoms with van der Waals surface area (Å²) in [6, 6.07) is 8.27. The van der Waals surface area contributed by atoms with Gasteiger partial charge in [0.25, 0.3) is 0 Å². The zero-order valence-electron chi connectivity index (χ0n) is 10.3. The van der Waals surface area contributed by atoms with Gasteiger partial charge >= 0.3 is 6.09 Å². The lowest BCUT2D eigenvalue weighted by molar-refractivity contribution is 0.0387. The number of benzene rings is 1. The van der Waals surface area contributed by atoms with Crippen LogP contribution >= 0.6 is 12.4 Å². The number of hydrogen-bond donors (Lipinski definition) is 1. The summed E-state index contributed by atoms with van der Waals surface area (Å²) in [6.07, 6.45) is -0.329. The topological polar surface area (TPSA) is 38.3 Å². The maximum atomic E-state index is 11.3. The van der Waals surface area contributed by atoms with Gasteiger partial charge in [-0.3, -0.25) is 0 Å². The number of nitrogens with one attached hydrogen (secondary N) is 1. The van der Waals surface area contributed by atoms with E-state index >= 15 is 0 Å². The van der Waals surface area contributed by atoms with Crippen LogP contribution in [0.5, 0.6) is 0 Å². The molecule has 0 unspecified atom stereocenters. The molecule has 3 nitrogen and oxygen atoms in total. The molecular formula is C13H18ClNO2. The van der Waals surface area contributed by atoms with Crippen molar-refractivity contribution in [2.45, 2.75) is 26.8 Å². The molecule has 1 atom stereocenters. The van der Waals surface area contributed by atoms with Gasteiger partial charge in [-0.1, -0.05) is 43.7 Å². The molecule has 0 spiro atoms. The minimum atomic E-state index is -0.329. The molecule has 0 aliphatic carbocycles. The molecule has 94 valence electrons. The van der Waals surface area contributed by atoms with E-state index in [1.807, 2.05) is 0 Å². The quantitative estimate of drug-likeness (QED) is 0.837. The number of carbonyl (C=O) groups excluding carboxylic acids is 1. The van der Waals surface area contributed by atoms with Crippen LogP contribution in [0.1, 0.15) is 31.0 Å². The number of amides is 1. The van der Waals surface area contributed by atoms with Gasteiger partial charge in [-0.05, 0) is 12.5 Å². The number of cyclic esters (lactones) is 1. The second kappa shape index (κ2) is 4.96. The van der Waals surface area contributed by atoms with Crippen LogP contribution in [0.3, 0.4) is 0 Å². The van der Waals surface area contributed by atoms with Gasteiger partial charge in [0.05, 0.1) is 6.04 Å². The Morgan fingerprint density at radius 1 is 1.29 bits per heavy atom. The normalized spacial score (nSPS) is 22.1. The van der Waals surface area contributed by atoms with Crippen LogP contribution < -0.4 is 5.32 Å². The third kappa shape index (κ3) is 2.91. The molecule has 1 N–H and O–H groups in total. The molecule has 1 aliphatic heterocycles. The molecule has 1 saturated heterocycles. The lowest BCUT2D eigenvalue weighted by Crippen LogP contribution is -2.46. The largest absolute Gasteiger partial charge is 0.449 e.